The molecule has 48 heavy (non-hydrogen) atoms. The van der Waals surface area contributed by atoms with Gasteiger partial charge in [-0.1, -0.05) is 36.4 Å². The fourth-order valence-corrected chi connectivity index (χ4v) is 7.08. The molecule has 2 amide bonds. The van der Waals surface area contributed by atoms with Crippen molar-refractivity contribution in [1.82, 2.24) is 5.32 Å². The molecule has 7 rings (SSSR count). The third-order valence-electron chi connectivity index (χ3n) is 9.60. The predicted molar refractivity (Wildman–Crippen MR) is 189 cm³/mol. The molecule has 2 aliphatic heterocycles. The van der Waals surface area contributed by atoms with Gasteiger partial charge >= 0.3 is 0 Å². The van der Waals surface area contributed by atoms with Crippen LogP contribution in [0, 0.1) is 6.92 Å². The van der Waals surface area contributed by atoms with Gasteiger partial charge in [0.15, 0.2) is 0 Å². The summed E-state index contributed by atoms with van der Waals surface area (Å²) in [5, 5.41) is 17.8. The maximum Gasteiger partial charge on any atom is 0.255 e. The SMILES string of the molecule is CC1=C/C(=C2/C(=O)C(c3cc(C)c(N4CCCC4)cc3NC(=O)c3ccccc3)=C2O)C(NC(=O)c2ccccc2)=CC1=[N+]1CCCC1. The van der Waals surface area contributed by atoms with Gasteiger partial charge in [0.05, 0.1) is 22.5 Å². The summed E-state index contributed by atoms with van der Waals surface area (Å²) in [5.74, 6) is -1.11. The first-order valence-electron chi connectivity index (χ1n) is 16.7. The van der Waals surface area contributed by atoms with E-state index >= 15 is 0 Å². The molecule has 2 heterocycles. The minimum absolute atomic E-state index is 0.144. The molecule has 0 spiro atoms. The summed E-state index contributed by atoms with van der Waals surface area (Å²) >= 11 is 0. The van der Waals surface area contributed by atoms with Crippen molar-refractivity contribution in [2.45, 2.75) is 39.5 Å². The monoisotopic (exact) mass is 639 g/mol. The second-order valence-corrected chi connectivity index (χ2v) is 12.8. The van der Waals surface area contributed by atoms with Gasteiger partial charge in [0, 0.05) is 65.5 Å². The van der Waals surface area contributed by atoms with Gasteiger partial charge in [0.25, 0.3) is 11.8 Å². The lowest BCUT2D eigenvalue weighted by Crippen LogP contribution is -2.32. The molecule has 242 valence electrons. The number of carbonyl (C=O) groups excluding carboxylic acids is 3. The average molecular weight is 640 g/mol. The van der Waals surface area contributed by atoms with E-state index in [4.69, 9.17) is 0 Å². The number of carbonyl (C=O) groups is 3. The number of rotatable bonds is 6. The quantitative estimate of drug-likeness (QED) is 0.211. The van der Waals surface area contributed by atoms with Crippen LogP contribution < -0.4 is 15.5 Å². The number of Topliss-reactive ketones (excluding diaryl/α,β-unsaturated/α-hetero) is 1. The Hall–Kier alpha value is -5.50. The van der Waals surface area contributed by atoms with E-state index in [2.05, 4.69) is 20.1 Å². The molecule has 3 N–H and O–H groups in total. The van der Waals surface area contributed by atoms with E-state index in [-0.39, 0.29) is 34.5 Å². The molecule has 4 aliphatic rings. The minimum Gasteiger partial charge on any atom is -0.506 e. The van der Waals surface area contributed by atoms with E-state index < -0.39 is 0 Å². The molecule has 0 bridgehead atoms. The molecule has 2 fully saturated rings. The zero-order valence-corrected chi connectivity index (χ0v) is 27.3. The van der Waals surface area contributed by atoms with E-state index in [9.17, 15) is 19.5 Å². The van der Waals surface area contributed by atoms with Gasteiger partial charge in [-0.2, -0.15) is 0 Å². The molecule has 0 radical (unpaired) electrons. The van der Waals surface area contributed by atoms with Crippen LogP contribution in [0.15, 0.2) is 113 Å². The highest BCUT2D eigenvalue weighted by molar-refractivity contribution is 6.40. The molecule has 0 unspecified atom stereocenters. The fourth-order valence-electron chi connectivity index (χ4n) is 7.08. The number of nitrogens with one attached hydrogen (secondary N) is 2. The first-order chi connectivity index (χ1) is 23.3. The van der Waals surface area contributed by atoms with Crippen molar-refractivity contribution in [2.75, 3.05) is 36.4 Å². The Bertz CT molecular complexity index is 1990. The summed E-state index contributed by atoms with van der Waals surface area (Å²) in [4.78, 5) is 43.2. The maximum atomic E-state index is 14.2. The highest BCUT2D eigenvalue weighted by atomic mass is 16.3. The summed E-state index contributed by atoms with van der Waals surface area (Å²) in [5.41, 5.74) is 7.01. The molecule has 8 nitrogen and oxygen atoms in total. The van der Waals surface area contributed by atoms with Crippen molar-refractivity contribution in [1.29, 1.82) is 0 Å². The largest absolute Gasteiger partial charge is 0.506 e. The molecule has 0 saturated carbocycles. The Morgan fingerprint density at radius 1 is 0.771 bits per heavy atom. The molecule has 0 aromatic heterocycles. The third-order valence-corrected chi connectivity index (χ3v) is 9.60. The Labute approximate surface area is 280 Å². The number of allylic oxidation sites excluding steroid dienone is 5. The van der Waals surface area contributed by atoms with Gasteiger partial charge in [0.1, 0.15) is 18.8 Å². The van der Waals surface area contributed by atoms with E-state index in [0.717, 1.165) is 74.4 Å². The van der Waals surface area contributed by atoms with E-state index in [1.165, 1.54) is 0 Å². The molecular formula is C40H39N4O4+. The number of aliphatic hydroxyl groups is 1. The normalized spacial score (nSPS) is 19.3. The van der Waals surface area contributed by atoms with Crippen LogP contribution in [0.1, 0.15) is 64.4 Å². The van der Waals surface area contributed by atoms with Crippen molar-refractivity contribution in [3.8, 4) is 0 Å². The number of amides is 2. The second kappa shape index (κ2) is 13.0. The molecule has 3 aromatic rings. The van der Waals surface area contributed by atoms with Crippen LogP contribution in [0.4, 0.5) is 11.4 Å². The number of anilines is 2. The number of ketones is 1. The standard InChI is InChI=1S/C40H38N4O4/c1-25-21-29(31(23-33(25)43-17-9-10-18-43)41-39(47)27-13-5-3-6-14-27)35-37(45)36(38(35)46)30-22-26(2)34(44-19-11-12-20-44)24-32(30)42-40(48)28-15-7-4-8-16-28/h3-8,13-16,21-24H,9-12,17-20H2,1-2H3,(H2,41,42,45,46,47,48)/p+1. The van der Waals surface area contributed by atoms with E-state index in [1.54, 1.807) is 48.5 Å². The first kappa shape index (κ1) is 31.1. The third kappa shape index (κ3) is 5.79. The van der Waals surface area contributed by atoms with Gasteiger partial charge in [-0.25, -0.2) is 4.58 Å². The number of aliphatic hydroxyl groups excluding tert-OH is 1. The smallest absolute Gasteiger partial charge is 0.255 e. The van der Waals surface area contributed by atoms with Crippen molar-refractivity contribution in [3.63, 3.8) is 0 Å². The lowest BCUT2D eigenvalue weighted by atomic mass is 9.77. The van der Waals surface area contributed by atoms with E-state index in [0.29, 0.717) is 33.6 Å². The van der Waals surface area contributed by atoms with Gasteiger partial charge in [0.2, 0.25) is 11.5 Å². The highest BCUT2D eigenvalue weighted by Crippen LogP contribution is 2.44. The van der Waals surface area contributed by atoms with Crippen LogP contribution in [0.25, 0.3) is 5.57 Å². The zero-order valence-electron chi connectivity index (χ0n) is 27.3. The van der Waals surface area contributed by atoms with Crippen LogP contribution >= 0.6 is 0 Å². The number of benzene rings is 3. The predicted octanol–water partition coefficient (Wildman–Crippen LogP) is 6.52. The van der Waals surface area contributed by atoms with Gasteiger partial charge < -0.3 is 20.6 Å². The van der Waals surface area contributed by atoms with Gasteiger partial charge in [-0.3, -0.25) is 14.4 Å². The van der Waals surface area contributed by atoms with Crippen LogP contribution in [-0.4, -0.2) is 59.2 Å². The number of nitrogens with zero attached hydrogens (tertiary/aromatic N) is 2. The topological polar surface area (TPSA) is 102 Å². The second-order valence-electron chi connectivity index (χ2n) is 12.8. The summed E-state index contributed by atoms with van der Waals surface area (Å²) in [6.45, 7) is 7.65. The minimum atomic E-state index is -0.348. The molecular weight excluding hydrogens is 600 g/mol. The maximum absolute atomic E-state index is 14.2. The Balaban J connectivity index is 1.32. The number of hydrogen-bond acceptors (Lipinski definition) is 5. The lowest BCUT2D eigenvalue weighted by Gasteiger charge is -2.29. The van der Waals surface area contributed by atoms with Crippen molar-refractivity contribution >= 4 is 40.3 Å². The van der Waals surface area contributed by atoms with Crippen LogP contribution in [0.2, 0.25) is 0 Å². The number of hydrogen-bond donors (Lipinski definition) is 3. The molecule has 0 atom stereocenters. The summed E-state index contributed by atoms with van der Waals surface area (Å²) in [6, 6.07) is 21.7. The van der Waals surface area contributed by atoms with Crippen LogP contribution in [0.3, 0.4) is 0 Å². The Morgan fingerprint density at radius 3 is 1.98 bits per heavy atom. The summed E-state index contributed by atoms with van der Waals surface area (Å²) < 4.78 is 2.29. The Morgan fingerprint density at radius 2 is 1.38 bits per heavy atom. The first-order valence-corrected chi connectivity index (χ1v) is 16.7. The van der Waals surface area contributed by atoms with Crippen molar-refractivity contribution in [3.05, 3.63) is 135 Å². The average Bonchev–Trinajstić information content (AvgIpc) is 3.84. The zero-order chi connectivity index (χ0) is 33.4. The summed E-state index contributed by atoms with van der Waals surface area (Å²) in [7, 11) is 0. The summed E-state index contributed by atoms with van der Waals surface area (Å²) in [6.07, 6.45) is 8.17. The molecule has 2 saturated heterocycles. The molecule has 8 heteroatoms. The highest BCUT2D eigenvalue weighted by Gasteiger charge is 2.40. The molecule has 2 aliphatic carbocycles. The van der Waals surface area contributed by atoms with Crippen LogP contribution in [0.5, 0.6) is 0 Å². The Kier molecular flexibility index (Phi) is 8.40. The fraction of sp³-hybridized carbons (Fsp3) is 0.250. The lowest BCUT2D eigenvalue weighted by molar-refractivity contribution is -0.504. The van der Waals surface area contributed by atoms with Crippen molar-refractivity contribution < 1.29 is 24.1 Å². The molecule has 3 aromatic carbocycles. The van der Waals surface area contributed by atoms with Gasteiger partial charge in [-0.05, 0) is 74.7 Å². The van der Waals surface area contributed by atoms with E-state index in [1.807, 2.05) is 50.3 Å². The van der Waals surface area contributed by atoms with Crippen LogP contribution in [-0.2, 0) is 4.79 Å². The number of aryl methyl sites for hydroxylation is 1. The van der Waals surface area contributed by atoms with Gasteiger partial charge in [-0.15, -0.1) is 0 Å². The van der Waals surface area contributed by atoms with Crippen molar-refractivity contribution in [2.24, 2.45) is 0 Å².